The molecule has 1 aliphatic rings. The predicted octanol–water partition coefficient (Wildman–Crippen LogP) is 3.63. The number of hydrogen-bond donors (Lipinski definition) is 1. The average molecular weight is 274 g/mol. The van der Waals surface area contributed by atoms with Gasteiger partial charge in [-0.25, -0.2) is 0 Å². The number of piperazine rings is 1. The molecule has 1 N–H and O–H groups in total. The third kappa shape index (κ3) is 4.07. The Kier molecular flexibility index (Phi) is 5.62. The van der Waals surface area contributed by atoms with Crippen LogP contribution in [0.1, 0.15) is 51.2 Å². The van der Waals surface area contributed by atoms with Crippen LogP contribution in [0.3, 0.4) is 0 Å². The molecule has 1 aromatic carbocycles. The maximum absolute atomic E-state index is 3.67. The normalized spacial score (nSPS) is 22.1. The van der Waals surface area contributed by atoms with Crippen LogP contribution in [0.2, 0.25) is 0 Å². The first-order valence-corrected chi connectivity index (χ1v) is 8.14. The van der Waals surface area contributed by atoms with Crippen LogP contribution in [0.4, 0.5) is 0 Å². The molecule has 1 saturated heterocycles. The third-order valence-electron chi connectivity index (χ3n) is 4.67. The van der Waals surface area contributed by atoms with Gasteiger partial charge in [-0.15, -0.1) is 0 Å². The highest BCUT2D eigenvalue weighted by Crippen LogP contribution is 2.17. The highest BCUT2D eigenvalue weighted by Gasteiger charge is 2.22. The number of nitrogens with zero attached hydrogens (tertiary/aromatic N) is 1. The molecule has 20 heavy (non-hydrogen) atoms. The molecule has 0 bridgehead atoms. The van der Waals surface area contributed by atoms with E-state index < -0.39 is 0 Å². The fraction of sp³-hybridized carbons (Fsp3) is 0.667. The monoisotopic (exact) mass is 274 g/mol. The SMILES string of the molecule is CCC(C)C1CN(Cc2ccc(C(C)C)cc2)CCN1. The van der Waals surface area contributed by atoms with E-state index >= 15 is 0 Å². The van der Waals surface area contributed by atoms with Crippen molar-refractivity contribution in [2.45, 2.75) is 52.6 Å². The van der Waals surface area contributed by atoms with E-state index in [9.17, 15) is 0 Å². The molecule has 1 aliphatic heterocycles. The van der Waals surface area contributed by atoms with Crippen molar-refractivity contribution in [1.82, 2.24) is 10.2 Å². The first-order chi connectivity index (χ1) is 9.60. The van der Waals surface area contributed by atoms with Gasteiger partial charge in [-0.05, 0) is 23.0 Å². The smallest absolute Gasteiger partial charge is 0.0234 e. The van der Waals surface area contributed by atoms with Crippen molar-refractivity contribution in [2.75, 3.05) is 19.6 Å². The second-order valence-corrected chi connectivity index (χ2v) is 6.58. The van der Waals surface area contributed by atoms with Crippen LogP contribution in [0, 0.1) is 5.92 Å². The predicted molar refractivity (Wildman–Crippen MR) is 87.1 cm³/mol. The van der Waals surface area contributed by atoms with Crippen molar-refractivity contribution in [3.63, 3.8) is 0 Å². The van der Waals surface area contributed by atoms with E-state index in [1.807, 2.05) is 0 Å². The molecule has 2 rings (SSSR count). The zero-order chi connectivity index (χ0) is 14.5. The zero-order valence-electron chi connectivity index (χ0n) is 13.5. The summed E-state index contributed by atoms with van der Waals surface area (Å²) in [5.41, 5.74) is 2.88. The molecular formula is C18H30N2. The van der Waals surface area contributed by atoms with Crippen LogP contribution in [-0.2, 0) is 6.54 Å². The Morgan fingerprint density at radius 2 is 1.90 bits per heavy atom. The minimum atomic E-state index is 0.623. The molecule has 1 aromatic rings. The summed E-state index contributed by atoms with van der Waals surface area (Å²) in [6.45, 7) is 13.7. The standard InChI is InChI=1S/C18H30N2/c1-5-15(4)18-13-20(11-10-19-18)12-16-6-8-17(9-7-16)14(2)3/h6-9,14-15,18-19H,5,10-13H2,1-4H3. The van der Waals surface area contributed by atoms with Gasteiger partial charge in [0.15, 0.2) is 0 Å². The average Bonchev–Trinajstić information content (AvgIpc) is 2.47. The summed E-state index contributed by atoms with van der Waals surface area (Å²) in [4.78, 5) is 2.59. The van der Waals surface area contributed by atoms with Crippen molar-refractivity contribution in [3.8, 4) is 0 Å². The fourth-order valence-corrected chi connectivity index (χ4v) is 2.92. The third-order valence-corrected chi connectivity index (χ3v) is 4.67. The van der Waals surface area contributed by atoms with Crippen LogP contribution in [0.25, 0.3) is 0 Å². The van der Waals surface area contributed by atoms with Crippen LogP contribution < -0.4 is 5.32 Å². The molecule has 2 atom stereocenters. The molecule has 1 heterocycles. The molecule has 0 spiro atoms. The Balaban J connectivity index is 1.92. The number of rotatable bonds is 5. The van der Waals surface area contributed by atoms with Crippen molar-refractivity contribution in [1.29, 1.82) is 0 Å². The molecule has 2 unspecified atom stereocenters. The van der Waals surface area contributed by atoms with Gasteiger partial charge in [-0.2, -0.15) is 0 Å². The molecule has 0 aliphatic carbocycles. The van der Waals surface area contributed by atoms with Gasteiger partial charge in [0.25, 0.3) is 0 Å². The van der Waals surface area contributed by atoms with Crippen LogP contribution in [-0.4, -0.2) is 30.6 Å². The van der Waals surface area contributed by atoms with Crippen molar-refractivity contribution in [2.24, 2.45) is 5.92 Å². The van der Waals surface area contributed by atoms with Crippen molar-refractivity contribution >= 4 is 0 Å². The first kappa shape index (κ1) is 15.5. The Labute approximate surface area is 124 Å². The van der Waals surface area contributed by atoms with Gasteiger partial charge in [-0.3, -0.25) is 4.90 Å². The topological polar surface area (TPSA) is 15.3 Å². The minimum Gasteiger partial charge on any atom is -0.311 e. The summed E-state index contributed by atoms with van der Waals surface area (Å²) in [5, 5.41) is 3.67. The van der Waals surface area contributed by atoms with Gasteiger partial charge < -0.3 is 5.32 Å². The Morgan fingerprint density at radius 3 is 2.50 bits per heavy atom. The minimum absolute atomic E-state index is 0.623. The van der Waals surface area contributed by atoms with Gasteiger partial charge >= 0.3 is 0 Å². The molecule has 0 saturated carbocycles. The highest BCUT2D eigenvalue weighted by molar-refractivity contribution is 5.24. The quantitative estimate of drug-likeness (QED) is 0.882. The lowest BCUT2D eigenvalue weighted by molar-refractivity contribution is 0.162. The van der Waals surface area contributed by atoms with Crippen LogP contribution >= 0.6 is 0 Å². The second-order valence-electron chi connectivity index (χ2n) is 6.58. The number of benzene rings is 1. The first-order valence-electron chi connectivity index (χ1n) is 8.14. The van der Waals surface area contributed by atoms with E-state index in [0.717, 1.165) is 19.0 Å². The van der Waals surface area contributed by atoms with Crippen LogP contribution in [0.5, 0.6) is 0 Å². The molecule has 112 valence electrons. The van der Waals surface area contributed by atoms with Crippen molar-refractivity contribution in [3.05, 3.63) is 35.4 Å². The van der Waals surface area contributed by atoms with Crippen LogP contribution in [0.15, 0.2) is 24.3 Å². The molecule has 0 aromatic heterocycles. The van der Waals surface area contributed by atoms with E-state index in [2.05, 4.69) is 62.2 Å². The van der Waals surface area contributed by atoms with Crippen molar-refractivity contribution < 1.29 is 0 Å². The maximum Gasteiger partial charge on any atom is 0.0234 e. The summed E-state index contributed by atoms with van der Waals surface area (Å²) in [6.07, 6.45) is 1.26. The second kappa shape index (κ2) is 7.24. The van der Waals surface area contributed by atoms with Gasteiger partial charge in [0.05, 0.1) is 0 Å². The van der Waals surface area contributed by atoms with E-state index in [1.165, 1.54) is 30.6 Å². The summed E-state index contributed by atoms with van der Waals surface area (Å²) in [5.74, 6) is 1.39. The molecule has 2 heteroatoms. The molecule has 2 nitrogen and oxygen atoms in total. The number of hydrogen-bond acceptors (Lipinski definition) is 2. The summed E-state index contributed by atoms with van der Waals surface area (Å²) in [7, 11) is 0. The van der Waals surface area contributed by atoms with E-state index in [0.29, 0.717) is 12.0 Å². The Hall–Kier alpha value is -0.860. The lowest BCUT2D eigenvalue weighted by Crippen LogP contribution is -2.52. The van der Waals surface area contributed by atoms with E-state index in [4.69, 9.17) is 0 Å². The lowest BCUT2D eigenvalue weighted by Gasteiger charge is -2.36. The van der Waals surface area contributed by atoms with E-state index in [1.54, 1.807) is 0 Å². The zero-order valence-corrected chi connectivity index (χ0v) is 13.5. The van der Waals surface area contributed by atoms with Gasteiger partial charge in [0, 0.05) is 32.2 Å². The summed E-state index contributed by atoms with van der Waals surface area (Å²) in [6, 6.07) is 9.83. The lowest BCUT2D eigenvalue weighted by atomic mass is 9.96. The Morgan fingerprint density at radius 1 is 1.20 bits per heavy atom. The molecule has 0 amide bonds. The molecule has 0 radical (unpaired) electrons. The maximum atomic E-state index is 3.67. The number of nitrogens with one attached hydrogen (secondary N) is 1. The largest absolute Gasteiger partial charge is 0.311 e. The van der Waals surface area contributed by atoms with E-state index in [-0.39, 0.29) is 0 Å². The molecule has 1 fully saturated rings. The van der Waals surface area contributed by atoms with Gasteiger partial charge in [-0.1, -0.05) is 58.4 Å². The summed E-state index contributed by atoms with van der Waals surface area (Å²) < 4.78 is 0. The molecular weight excluding hydrogens is 244 g/mol. The highest BCUT2D eigenvalue weighted by atomic mass is 15.2. The Bertz CT molecular complexity index is 396. The van der Waals surface area contributed by atoms with Gasteiger partial charge in [0.1, 0.15) is 0 Å². The fourth-order valence-electron chi connectivity index (χ4n) is 2.92. The summed E-state index contributed by atoms with van der Waals surface area (Å²) >= 11 is 0. The van der Waals surface area contributed by atoms with Gasteiger partial charge in [0.2, 0.25) is 0 Å².